The van der Waals surface area contributed by atoms with Crippen molar-refractivity contribution in [2.75, 3.05) is 0 Å². The van der Waals surface area contributed by atoms with Crippen molar-refractivity contribution in [3.8, 4) is 17.2 Å². The molecule has 0 bridgehead atoms. The first-order valence-electron chi connectivity index (χ1n) is 6.22. The summed E-state index contributed by atoms with van der Waals surface area (Å²) in [5.74, 6) is 0. The quantitative estimate of drug-likeness (QED) is 0.702. The van der Waals surface area contributed by atoms with E-state index in [0.717, 1.165) is 15.6 Å². The molecular weight excluding hydrogens is 298 g/mol. The van der Waals surface area contributed by atoms with Gasteiger partial charge in [0.1, 0.15) is 0 Å². The first-order valence-corrected chi connectivity index (χ1v) is 7.01. The molecule has 0 radical (unpaired) electrons. The van der Waals surface area contributed by atoms with E-state index in [1.807, 2.05) is 18.2 Å². The average molecular weight is 314 g/mol. The highest BCUT2D eigenvalue weighted by atomic mass is 79.9. The molecule has 2 heteroatoms. The molecule has 0 unspecified atom stereocenters. The van der Waals surface area contributed by atoms with Crippen LogP contribution in [-0.4, -0.2) is 0 Å². The van der Waals surface area contributed by atoms with Gasteiger partial charge in [-0.05, 0) is 34.2 Å². The van der Waals surface area contributed by atoms with Crippen LogP contribution in [0.5, 0.6) is 0 Å². The van der Waals surface area contributed by atoms with Crippen molar-refractivity contribution in [1.82, 2.24) is 0 Å². The minimum atomic E-state index is 0.149. The fourth-order valence-electron chi connectivity index (χ4n) is 2.01. The van der Waals surface area contributed by atoms with Crippen molar-refractivity contribution in [3.05, 3.63) is 58.1 Å². The molecule has 0 atom stereocenters. The van der Waals surface area contributed by atoms with Gasteiger partial charge in [0.15, 0.2) is 0 Å². The van der Waals surface area contributed by atoms with Gasteiger partial charge in [-0.15, -0.1) is 0 Å². The van der Waals surface area contributed by atoms with Gasteiger partial charge in [-0.3, -0.25) is 0 Å². The first-order chi connectivity index (χ1) is 8.91. The predicted molar refractivity (Wildman–Crippen MR) is 83.0 cm³/mol. The summed E-state index contributed by atoms with van der Waals surface area (Å²) in [4.78, 5) is 0. The van der Waals surface area contributed by atoms with Crippen LogP contribution < -0.4 is 0 Å². The van der Waals surface area contributed by atoms with E-state index in [2.05, 4.69) is 67.0 Å². The lowest BCUT2D eigenvalue weighted by Gasteiger charge is -2.19. The van der Waals surface area contributed by atoms with Gasteiger partial charge in [-0.1, -0.05) is 67.0 Å². The van der Waals surface area contributed by atoms with Crippen molar-refractivity contribution >= 4 is 15.9 Å². The van der Waals surface area contributed by atoms with Gasteiger partial charge in [0, 0.05) is 4.47 Å². The van der Waals surface area contributed by atoms with Gasteiger partial charge in [0.05, 0.1) is 11.6 Å². The van der Waals surface area contributed by atoms with E-state index in [4.69, 9.17) is 0 Å². The maximum Gasteiger partial charge on any atom is 0.0998 e. The third kappa shape index (κ3) is 3.05. The molecule has 0 aliphatic rings. The highest BCUT2D eigenvalue weighted by molar-refractivity contribution is 9.10. The second kappa shape index (κ2) is 5.19. The summed E-state index contributed by atoms with van der Waals surface area (Å²) >= 11 is 3.40. The van der Waals surface area contributed by atoms with Crippen LogP contribution in [0.25, 0.3) is 11.1 Å². The molecule has 2 aromatic carbocycles. The van der Waals surface area contributed by atoms with Crippen molar-refractivity contribution < 1.29 is 0 Å². The molecular formula is C17H16BrN. The fourth-order valence-corrected chi connectivity index (χ4v) is 2.37. The van der Waals surface area contributed by atoms with Crippen molar-refractivity contribution in [2.45, 2.75) is 26.2 Å². The molecule has 0 heterocycles. The Hall–Kier alpha value is -1.59. The number of halogens is 1. The van der Waals surface area contributed by atoms with Gasteiger partial charge >= 0.3 is 0 Å². The Morgan fingerprint density at radius 3 is 2.16 bits per heavy atom. The molecule has 0 aromatic heterocycles. The molecule has 0 saturated carbocycles. The summed E-state index contributed by atoms with van der Waals surface area (Å²) in [6, 6.07) is 16.5. The normalized spacial score (nSPS) is 11.1. The highest BCUT2D eigenvalue weighted by Gasteiger charge is 2.13. The third-order valence-electron chi connectivity index (χ3n) is 3.16. The monoisotopic (exact) mass is 313 g/mol. The van der Waals surface area contributed by atoms with Gasteiger partial charge in [-0.2, -0.15) is 5.26 Å². The Bertz CT molecular complexity index is 628. The summed E-state index contributed by atoms with van der Waals surface area (Å²) in [7, 11) is 0. The minimum absolute atomic E-state index is 0.149. The summed E-state index contributed by atoms with van der Waals surface area (Å²) in [6.45, 7) is 6.59. The van der Waals surface area contributed by atoms with E-state index in [0.29, 0.717) is 5.56 Å². The Kier molecular flexibility index (Phi) is 3.78. The average Bonchev–Trinajstić information content (AvgIpc) is 2.37. The standard InChI is InChI=1S/C17H16BrN/c1-17(2,3)14-6-4-12(5-7-14)16-9-8-15(18)10-13(16)11-19/h4-10H,1-3H3. The zero-order valence-corrected chi connectivity index (χ0v) is 13.0. The van der Waals surface area contributed by atoms with Gasteiger partial charge < -0.3 is 0 Å². The molecule has 0 spiro atoms. The molecule has 2 aromatic rings. The summed E-state index contributed by atoms with van der Waals surface area (Å²) in [6.07, 6.45) is 0. The zero-order chi connectivity index (χ0) is 14.0. The van der Waals surface area contributed by atoms with Crippen LogP contribution in [0.2, 0.25) is 0 Å². The second-order valence-electron chi connectivity index (χ2n) is 5.63. The summed E-state index contributed by atoms with van der Waals surface area (Å²) in [5, 5.41) is 9.22. The van der Waals surface area contributed by atoms with Crippen LogP contribution in [0, 0.1) is 11.3 Å². The van der Waals surface area contributed by atoms with Gasteiger partial charge in [0.25, 0.3) is 0 Å². The molecule has 19 heavy (non-hydrogen) atoms. The largest absolute Gasteiger partial charge is 0.192 e. The smallest absolute Gasteiger partial charge is 0.0998 e. The molecule has 96 valence electrons. The number of benzene rings is 2. The van der Waals surface area contributed by atoms with E-state index in [-0.39, 0.29) is 5.41 Å². The van der Waals surface area contributed by atoms with Crippen molar-refractivity contribution in [1.29, 1.82) is 5.26 Å². The maximum absolute atomic E-state index is 9.22. The first kappa shape index (κ1) is 13.8. The number of hydrogen-bond donors (Lipinski definition) is 0. The van der Waals surface area contributed by atoms with E-state index in [9.17, 15) is 5.26 Å². The minimum Gasteiger partial charge on any atom is -0.192 e. The van der Waals surface area contributed by atoms with Gasteiger partial charge in [0.2, 0.25) is 0 Å². The lowest BCUT2D eigenvalue weighted by Crippen LogP contribution is -2.10. The Morgan fingerprint density at radius 1 is 1.00 bits per heavy atom. The lowest BCUT2D eigenvalue weighted by molar-refractivity contribution is 0.590. The lowest BCUT2D eigenvalue weighted by atomic mass is 9.86. The molecule has 0 saturated heterocycles. The summed E-state index contributed by atoms with van der Waals surface area (Å²) in [5.41, 5.74) is 4.20. The molecule has 1 nitrogen and oxygen atoms in total. The predicted octanol–water partition coefficient (Wildman–Crippen LogP) is 5.29. The molecule has 0 aliphatic carbocycles. The molecule has 0 fully saturated rings. The Labute approximate surface area is 123 Å². The van der Waals surface area contributed by atoms with Crippen LogP contribution >= 0.6 is 15.9 Å². The SMILES string of the molecule is CC(C)(C)c1ccc(-c2ccc(Br)cc2C#N)cc1. The van der Waals surface area contributed by atoms with Crippen LogP contribution in [0.3, 0.4) is 0 Å². The number of nitrogens with zero attached hydrogens (tertiary/aromatic N) is 1. The second-order valence-corrected chi connectivity index (χ2v) is 6.54. The van der Waals surface area contributed by atoms with Crippen LogP contribution in [-0.2, 0) is 5.41 Å². The van der Waals surface area contributed by atoms with E-state index in [1.54, 1.807) is 0 Å². The number of nitriles is 1. The number of hydrogen-bond acceptors (Lipinski definition) is 1. The third-order valence-corrected chi connectivity index (χ3v) is 3.66. The van der Waals surface area contributed by atoms with E-state index >= 15 is 0 Å². The molecule has 0 amide bonds. The zero-order valence-electron chi connectivity index (χ0n) is 11.4. The molecule has 0 aliphatic heterocycles. The Balaban J connectivity index is 2.47. The maximum atomic E-state index is 9.22. The van der Waals surface area contributed by atoms with Gasteiger partial charge in [-0.25, -0.2) is 0 Å². The molecule has 0 N–H and O–H groups in total. The van der Waals surface area contributed by atoms with Crippen LogP contribution in [0.4, 0.5) is 0 Å². The fraction of sp³-hybridized carbons (Fsp3) is 0.235. The summed E-state index contributed by atoms with van der Waals surface area (Å²) < 4.78 is 0.930. The van der Waals surface area contributed by atoms with Crippen molar-refractivity contribution in [3.63, 3.8) is 0 Å². The van der Waals surface area contributed by atoms with Crippen molar-refractivity contribution in [2.24, 2.45) is 0 Å². The Morgan fingerprint density at radius 2 is 1.63 bits per heavy atom. The van der Waals surface area contributed by atoms with E-state index in [1.165, 1.54) is 5.56 Å². The van der Waals surface area contributed by atoms with E-state index < -0.39 is 0 Å². The van der Waals surface area contributed by atoms with Crippen LogP contribution in [0.1, 0.15) is 31.9 Å². The molecule has 2 rings (SSSR count). The number of rotatable bonds is 1. The van der Waals surface area contributed by atoms with Crippen LogP contribution in [0.15, 0.2) is 46.9 Å². The topological polar surface area (TPSA) is 23.8 Å². The highest BCUT2D eigenvalue weighted by Crippen LogP contribution is 2.29.